The number of ketones is 1. The molecule has 3 heterocycles. The van der Waals surface area contributed by atoms with Crippen molar-refractivity contribution in [3.05, 3.63) is 46.2 Å². The fourth-order valence-corrected chi connectivity index (χ4v) is 4.61. The first kappa shape index (κ1) is 22.5. The molecule has 1 aromatic heterocycles. The lowest BCUT2D eigenvalue weighted by Gasteiger charge is -2.23. The fraction of sp³-hybridized carbons (Fsp3) is 0.500. The van der Waals surface area contributed by atoms with Crippen LogP contribution < -0.4 is 5.32 Å². The number of pyridine rings is 1. The van der Waals surface area contributed by atoms with Crippen LogP contribution in [0.2, 0.25) is 10.0 Å². The summed E-state index contributed by atoms with van der Waals surface area (Å²) in [7, 11) is 0. The Labute approximate surface area is 193 Å². The Morgan fingerprint density at radius 3 is 2.39 bits per heavy atom. The van der Waals surface area contributed by atoms with Crippen LogP contribution in [-0.2, 0) is 20.7 Å². The van der Waals surface area contributed by atoms with Gasteiger partial charge in [0.15, 0.2) is 0 Å². The number of carbonyl (C=O) groups excluding carboxylic acids is 1. The molecule has 0 radical (unpaired) electrons. The van der Waals surface area contributed by atoms with E-state index in [0.717, 1.165) is 62.3 Å². The maximum atomic E-state index is 12.7. The highest BCUT2D eigenvalue weighted by Gasteiger charge is 2.22. The number of hydrogen-bond donors (Lipinski definition) is 1. The zero-order chi connectivity index (χ0) is 21.6. The molecule has 7 heteroatoms. The third-order valence-electron chi connectivity index (χ3n) is 6.14. The minimum absolute atomic E-state index is 0.0518. The number of rotatable bonds is 7. The number of aromatic nitrogens is 1. The second kappa shape index (κ2) is 10.8. The van der Waals surface area contributed by atoms with E-state index in [9.17, 15) is 4.79 Å². The first-order chi connectivity index (χ1) is 15.1. The van der Waals surface area contributed by atoms with E-state index in [0.29, 0.717) is 41.3 Å². The van der Waals surface area contributed by atoms with Crippen molar-refractivity contribution in [3.63, 3.8) is 0 Å². The number of anilines is 1. The van der Waals surface area contributed by atoms with E-state index in [1.165, 1.54) is 0 Å². The highest BCUT2D eigenvalue weighted by molar-refractivity contribution is 6.36. The molecule has 0 spiro atoms. The molecule has 4 rings (SSSR count). The Hall–Kier alpha value is -1.66. The zero-order valence-electron chi connectivity index (χ0n) is 17.5. The summed E-state index contributed by atoms with van der Waals surface area (Å²) in [5.74, 6) is 0.873. The van der Waals surface area contributed by atoms with Crippen molar-refractivity contribution < 1.29 is 14.3 Å². The van der Waals surface area contributed by atoms with Crippen molar-refractivity contribution in [2.75, 3.05) is 38.3 Å². The Morgan fingerprint density at radius 2 is 1.65 bits per heavy atom. The largest absolute Gasteiger partial charge is 0.385 e. The molecule has 0 amide bonds. The predicted molar refractivity (Wildman–Crippen MR) is 124 cm³/mol. The van der Waals surface area contributed by atoms with Gasteiger partial charge in [0.25, 0.3) is 0 Å². The number of Topliss-reactive ketones (excluding diaryl/α,β-unsaturated/α-hetero) is 1. The highest BCUT2D eigenvalue weighted by Crippen LogP contribution is 2.35. The van der Waals surface area contributed by atoms with Crippen LogP contribution in [0.1, 0.15) is 31.4 Å². The van der Waals surface area contributed by atoms with Crippen molar-refractivity contribution in [1.82, 2.24) is 4.98 Å². The number of carbonyl (C=O) groups is 1. The molecule has 0 unspecified atom stereocenters. The molecule has 0 aliphatic carbocycles. The smallest absolute Gasteiger partial charge is 0.142 e. The topological polar surface area (TPSA) is 60.5 Å². The predicted octanol–water partition coefficient (Wildman–Crippen LogP) is 5.43. The molecule has 166 valence electrons. The van der Waals surface area contributed by atoms with Gasteiger partial charge >= 0.3 is 0 Å². The average Bonchev–Trinajstić information content (AvgIpc) is 2.81. The summed E-state index contributed by atoms with van der Waals surface area (Å²) in [5.41, 5.74) is 3.35. The third-order valence-corrected chi connectivity index (χ3v) is 6.77. The van der Waals surface area contributed by atoms with Crippen LogP contribution in [0.15, 0.2) is 30.5 Å². The minimum atomic E-state index is 0.0518. The number of nitrogens with one attached hydrogen (secondary N) is 1. The molecule has 2 aromatic rings. The standard InChI is InChI=1S/C24H28Cl2N2O3/c25-22-2-1-18(27-14-16-3-7-30-8-4-16)11-20(22)21-12-19(28-15-23(21)26)13-24(29)17-5-9-31-10-6-17/h1-2,11-12,15-17,27H,3-10,13-14H2. The third kappa shape index (κ3) is 5.98. The van der Waals surface area contributed by atoms with E-state index in [1.807, 2.05) is 24.3 Å². The van der Waals surface area contributed by atoms with Crippen LogP contribution in [0.5, 0.6) is 0 Å². The summed E-state index contributed by atoms with van der Waals surface area (Å²) in [4.78, 5) is 17.1. The second-order valence-corrected chi connectivity index (χ2v) is 9.13. The van der Waals surface area contributed by atoms with E-state index in [4.69, 9.17) is 32.7 Å². The zero-order valence-corrected chi connectivity index (χ0v) is 19.1. The summed E-state index contributed by atoms with van der Waals surface area (Å²) in [6.45, 7) is 3.87. The number of benzene rings is 1. The van der Waals surface area contributed by atoms with Gasteiger partial charge in [-0.3, -0.25) is 9.78 Å². The van der Waals surface area contributed by atoms with Crippen molar-refractivity contribution in [2.24, 2.45) is 11.8 Å². The molecule has 2 aliphatic rings. The number of nitrogens with zero attached hydrogens (tertiary/aromatic N) is 1. The van der Waals surface area contributed by atoms with Gasteiger partial charge in [-0.15, -0.1) is 0 Å². The van der Waals surface area contributed by atoms with E-state index in [1.54, 1.807) is 6.20 Å². The maximum absolute atomic E-state index is 12.7. The van der Waals surface area contributed by atoms with Gasteiger partial charge in [-0.2, -0.15) is 0 Å². The van der Waals surface area contributed by atoms with Gasteiger partial charge in [-0.1, -0.05) is 23.2 Å². The van der Waals surface area contributed by atoms with E-state index in [-0.39, 0.29) is 11.7 Å². The van der Waals surface area contributed by atoms with Crippen molar-refractivity contribution in [1.29, 1.82) is 0 Å². The average molecular weight is 463 g/mol. The lowest BCUT2D eigenvalue weighted by Crippen LogP contribution is -2.25. The van der Waals surface area contributed by atoms with Crippen molar-refractivity contribution in [2.45, 2.75) is 32.1 Å². The lowest BCUT2D eigenvalue weighted by molar-refractivity contribution is -0.125. The second-order valence-electron chi connectivity index (χ2n) is 8.32. The van der Waals surface area contributed by atoms with Gasteiger partial charge in [0, 0.05) is 79.0 Å². The van der Waals surface area contributed by atoms with Crippen LogP contribution in [0.25, 0.3) is 11.1 Å². The minimum Gasteiger partial charge on any atom is -0.385 e. The van der Waals surface area contributed by atoms with Gasteiger partial charge in [0.05, 0.1) is 5.02 Å². The first-order valence-corrected chi connectivity index (χ1v) is 11.7. The highest BCUT2D eigenvalue weighted by atomic mass is 35.5. The van der Waals surface area contributed by atoms with Gasteiger partial charge in [0.1, 0.15) is 5.78 Å². The van der Waals surface area contributed by atoms with Crippen molar-refractivity contribution >= 4 is 34.7 Å². The normalized spacial score (nSPS) is 18.1. The molecule has 2 aliphatic heterocycles. The molecule has 1 N–H and O–H groups in total. The molecule has 1 aromatic carbocycles. The van der Waals surface area contributed by atoms with Gasteiger partial charge < -0.3 is 14.8 Å². The summed E-state index contributed by atoms with van der Waals surface area (Å²) in [6, 6.07) is 7.78. The van der Waals surface area contributed by atoms with Gasteiger partial charge in [-0.25, -0.2) is 0 Å². The maximum Gasteiger partial charge on any atom is 0.142 e. The number of halogens is 2. The molecule has 0 saturated carbocycles. The Kier molecular flexibility index (Phi) is 7.83. The van der Waals surface area contributed by atoms with Crippen LogP contribution in [-0.4, -0.2) is 43.7 Å². The molecule has 2 saturated heterocycles. The van der Waals surface area contributed by atoms with Gasteiger partial charge in [0.2, 0.25) is 0 Å². The fourth-order valence-electron chi connectivity index (χ4n) is 4.18. The summed E-state index contributed by atoms with van der Waals surface area (Å²) in [5, 5.41) is 4.66. The number of ether oxygens (including phenoxy) is 2. The van der Waals surface area contributed by atoms with Gasteiger partial charge in [-0.05, 0) is 55.9 Å². The molecule has 0 bridgehead atoms. The van der Waals surface area contributed by atoms with Crippen LogP contribution in [0, 0.1) is 11.8 Å². The first-order valence-electron chi connectivity index (χ1n) is 11.0. The molecular formula is C24H28Cl2N2O3. The summed E-state index contributed by atoms with van der Waals surface area (Å²) >= 11 is 13.0. The molecule has 2 fully saturated rings. The summed E-state index contributed by atoms with van der Waals surface area (Å²) < 4.78 is 10.8. The van der Waals surface area contributed by atoms with Crippen LogP contribution in [0.3, 0.4) is 0 Å². The van der Waals surface area contributed by atoms with E-state index < -0.39 is 0 Å². The SMILES string of the molecule is O=C(Cc1cc(-c2cc(NCC3CCOCC3)ccc2Cl)c(Cl)cn1)C1CCOCC1. The summed E-state index contributed by atoms with van der Waals surface area (Å²) in [6.07, 6.45) is 5.64. The Balaban J connectivity index is 1.49. The van der Waals surface area contributed by atoms with E-state index in [2.05, 4.69) is 10.3 Å². The Morgan fingerprint density at radius 1 is 0.968 bits per heavy atom. The van der Waals surface area contributed by atoms with Crippen LogP contribution in [0.4, 0.5) is 5.69 Å². The Bertz CT molecular complexity index is 910. The lowest BCUT2D eigenvalue weighted by atomic mass is 9.92. The van der Waals surface area contributed by atoms with Crippen molar-refractivity contribution in [3.8, 4) is 11.1 Å². The molecule has 5 nitrogen and oxygen atoms in total. The quantitative estimate of drug-likeness (QED) is 0.593. The number of hydrogen-bond acceptors (Lipinski definition) is 5. The molecule has 31 heavy (non-hydrogen) atoms. The van der Waals surface area contributed by atoms with Crippen LogP contribution >= 0.6 is 23.2 Å². The molecular weight excluding hydrogens is 435 g/mol. The molecule has 0 atom stereocenters. The monoisotopic (exact) mass is 462 g/mol. The van der Waals surface area contributed by atoms with E-state index >= 15 is 0 Å².